The van der Waals surface area contributed by atoms with Crippen molar-refractivity contribution in [3.63, 3.8) is 0 Å². The van der Waals surface area contributed by atoms with E-state index in [0.717, 1.165) is 11.1 Å². The summed E-state index contributed by atoms with van der Waals surface area (Å²) in [6.07, 6.45) is 1.50. The normalized spacial score (nSPS) is 10.6. The van der Waals surface area contributed by atoms with Crippen LogP contribution < -0.4 is 10.2 Å². The summed E-state index contributed by atoms with van der Waals surface area (Å²) in [5, 5.41) is 4.48. The summed E-state index contributed by atoms with van der Waals surface area (Å²) in [6, 6.07) is 20.5. The van der Waals surface area contributed by atoms with E-state index in [1.54, 1.807) is 60.7 Å². The lowest BCUT2D eigenvalue weighted by molar-refractivity contribution is 0.0733. The van der Waals surface area contributed by atoms with Crippen LogP contribution >= 0.6 is 11.6 Å². The molecule has 0 atom stereocenters. The van der Waals surface area contributed by atoms with Crippen molar-refractivity contribution in [3.8, 4) is 5.75 Å². The molecule has 3 rings (SSSR count). The molecule has 3 aromatic rings. The summed E-state index contributed by atoms with van der Waals surface area (Å²) in [7, 11) is 0. The molecule has 5 nitrogen and oxygen atoms in total. The Labute approximate surface area is 167 Å². The van der Waals surface area contributed by atoms with Crippen LogP contribution in [0.4, 0.5) is 0 Å². The van der Waals surface area contributed by atoms with Gasteiger partial charge in [-0.25, -0.2) is 10.2 Å². The van der Waals surface area contributed by atoms with Crippen molar-refractivity contribution in [2.24, 2.45) is 5.10 Å². The Morgan fingerprint density at radius 2 is 1.64 bits per heavy atom. The minimum Gasteiger partial charge on any atom is -0.423 e. The van der Waals surface area contributed by atoms with Crippen LogP contribution in [0.2, 0.25) is 5.02 Å². The van der Waals surface area contributed by atoms with Crippen molar-refractivity contribution in [1.29, 1.82) is 0 Å². The van der Waals surface area contributed by atoms with Crippen LogP contribution in [0, 0.1) is 6.92 Å². The molecule has 0 aliphatic heterocycles. The van der Waals surface area contributed by atoms with Crippen molar-refractivity contribution >= 4 is 29.7 Å². The predicted molar refractivity (Wildman–Crippen MR) is 109 cm³/mol. The minimum absolute atomic E-state index is 0.336. The number of ether oxygens (including phenoxy) is 1. The zero-order valence-corrected chi connectivity index (χ0v) is 15.8. The van der Waals surface area contributed by atoms with Gasteiger partial charge in [-0.2, -0.15) is 5.10 Å². The van der Waals surface area contributed by atoms with Gasteiger partial charge in [0.05, 0.1) is 11.8 Å². The smallest absolute Gasteiger partial charge is 0.343 e. The molecule has 0 unspecified atom stereocenters. The van der Waals surface area contributed by atoms with Crippen molar-refractivity contribution in [2.45, 2.75) is 6.92 Å². The van der Waals surface area contributed by atoms with Gasteiger partial charge in [0, 0.05) is 10.6 Å². The average Bonchev–Trinajstić information content (AvgIpc) is 2.70. The van der Waals surface area contributed by atoms with Crippen molar-refractivity contribution in [2.75, 3.05) is 0 Å². The van der Waals surface area contributed by atoms with E-state index in [2.05, 4.69) is 10.5 Å². The number of nitrogens with zero attached hydrogens (tertiary/aromatic N) is 1. The molecule has 0 spiro atoms. The van der Waals surface area contributed by atoms with E-state index in [4.69, 9.17) is 16.3 Å². The van der Waals surface area contributed by atoms with Gasteiger partial charge in [-0.15, -0.1) is 0 Å². The van der Waals surface area contributed by atoms with Crippen LogP contribution in [0.1, 0.15) is 31.8 Å². The van der Waals surface area contributed by atoms with E-state index in [0.29, 0.717) is 21.9 Å². The van der Waals surface area contributed by atoms with Crippen LogP contribution in [0.15, 0.2) is 77.9 Å². The van der Waals surface area contributed by atoms with E-state index in [-0.39, 0.29) is 5.91 Å². The molecular formula is C22H17ClN2O3. The van der Waals surface area contributed by atoms with Gasteiger partial charge in [-0.1, -0.05) is 29.8 Å². The first kappa shape index (κ1) is 19.3. The van der Waals surface area contributed by atoms with Gasteiger partial charge < -0.3 is 4.74 Å². The molecule has 0 saturated heterocycles. The molecule has 0 saturated carbocycles. The second-order valence-electron chi connectivity index (χ2n) is 5.98. The number of hydrazone groups is 1. The topological polar surface area (TPSA) is 67.8 Å². The van der Waals surface area contributed by atoms with Gasteiger partial charge in [0.25, 0.3) is 5.91 Å². The maximum atomic E-state index is 12.2. The highest BCUT2D eigenvalue weighted by Crippen LogP contribution is 2.15. The van der Waals surface area contributed by atoms with E-state index < -0.39 is 5.97 Å². The number of benzene rings is 3. The number of amides is 1. The number of halogens is 1. The Morgan fingerprint density at radius 3 is 2.32 bits per heavy atom. The Balaban J connectivity index is 1.57. The number of hydrogen-bond donors (Lipinski definition) is 1. The molecule has 0 radical (unpaired) electrons. The maximum absolute atomic E-state index is 12.2. The zero-order chi connectivity index (χ0) is 19.9. The first-order chi connectivity index (χ1) is 13.5. The Bertz CT molecular complexity index is 1010. The lowest BCUT2D eigenvalue weighted by atomic mass is 10.1. The van der Waals surface area contributed by atoms with Gasteiger partial charge in [0.15, 0.2) is 0 Å². The summed E-state index contributed by atoms with van der Waals surface area (Å²) < 4.78 is 5.38. The molecule has 3 aromatic carbocycles. The second kappa shape index (κ2) is 8.97. The largest absolute Gasteiger partial charge is 0.423 e. The van der Waals surface area contributed by atoms with Gasteiger partial charge in [-0.3, -0.25) is 4.79 Å². The molecule has 0 aliphatic carbocycles. The van der Waals surface area contributed by atoms with Gasteiger partial charge in [0.1, 0.15) is 5.75 Å². The fraction of sp³-hybridized carbons (Fsp3) is 0.0455. The molecular weight excluding hydrogens is 376 g/mol. The number of carbonyl (C=O) groups excluding carboxylic acids is 2. The van der Waals surface area contributed by atoms with Gasteiger partial charge >= 0.3 is 5.97 Å². The lowest BCUT2D eigenvalue weighted by Crippen LogP contribution is -2.17. The summed E-state index contributed by atoms with van der Waals surface area (Å²) >= 11 is 5.79. The molecule has 0 fully saturated rings. The minimum atomic E-state index is -0.408. The summed E-state index contributed by atoms with van der Waals surface area (Å²) in [5.41, 5.74) is 5.02. The van der Waals surface area contributed by atoms with Crippen LogP contribution in [0.3, 0.4) is 0 Å². The number of aryl methyl sites for hydroxylation is 1. The first-order valence-electron chi connectivity index (χ1n) is 8.50. The highest BCUT2D eigenvalue weighted by molar-refractivity contribution is 6.30. The van der Waals surface area contributed by atoms with E-state index in [1.807, 2.05) is 19.1 Å². The molecule has 1 amide bonds. The summed E-state index contributed by atoms with van der Waals surface area (Å²) in [6.45, 7) is 1.86. The molecule has 1 N–H and O–H groups in total. The van der Waals surface area contributed by atoms with Gasteiger partial charge in [0.2, 0.25) is 0 Å². The summed E-state index contributed by atoms with van der Waals surface area (Å²) in [5.74, 6) is -0.318. The van der Waals surface area contributed by atoms with Crippen LogP contribution in [-0.2, 0) is 0 Å². The molecule has 0 aliphatic rings. The highest BCUT2D eigenvalue weighted by atomic mass is 35.5. The third-order valence-electron chi connectivity index (χ3n) is 3.94. The Hall–Kier alpha value is -3.44. The molecule has 28 heavy (non-hydrogen) atoms. The highest BCUT2D eigenvalue weighted by Gasteiger charge is 2.10. The fourth-order valence-corrected chi connectivity index (χ4v) is 2.54. The van der Waals surface area contributed by atoms with Crippen molar-refractivity contribution in [1.82, 2.24) is 5.43 Å². The third kappa shape index (κ3) is 5.05. The zero-order valence-electron chi connectivity index (χ0n) is 15.1. The van der Waals surface area contributed by atoms with E-state index in [1.165, 1.54) is 6.21 Å². The number of nitrogens with one attached hydrogen (secondary N) is 1. The lowest BCUT2D eigenvalue weighted by Gasteiger charge is -2.06. The van der Waals surface area contributed by atoms with Gasteiger partial charge in [-0.05, 0) is 72.6 Å². The molecule has 140 valence electrons. The first-order valence-corrected chi connectivity index (χ1v) is 8.87. The standard InChI is InChI=1S/C22H17ClN2O3/c1-15-4-2-3-5-20(15)22(27)28-19-12-6-16(7-13-19)14-24-25-21(26)17-8-10-18(23)11-9-17/h2-14H,1H3,(H,25,26)/b24-14-. The predicted octanol–water partition coefficient (Wildman–Crippen LogP) is 4.63. The fourth-order valence-electron chi connectivity index (χ4n) is 2.42. The molecule has 0 bridgehead atoms. The number of rotatable bonds is 5. The number of esters is 1. The SMILES string of the molecule is Cc1ccccc1C(=O)Oc1ccc(/C=N\NC(=O)c2ccc(Cl)cc2)cc1. The molecule has 6 heteroatoms. The second-order valence-corrected chi connectivity index (χ2v) is 6.42. The third-order valence-corrected chi connectivity index (χ3v) is 4.19. The van der Waals surface area contributed by atoms with Crippen LogP contribution in [0.25, 0.3) is 0 Å². The van der Waals surface area contributed by atoms with Crippen LogP contribution in [-0.4, -0.2) is 18.1 Å². The average molecular weight is 393 g/mol. The maximum Gasteiger partial charge on any atom is 0.343 e. The van der Waals surface area contributed by atoms with Crippen LogP contribution in [0.5, 0.6) is 5.75 Å². The quantitative estimate of drug-likeness (QED) is 0.298. The van der Waals surface area contributed by atoms with Crippen molar-refractivity contribution < 1.29 is 14.3 Å². The Morgan fingerprint density at radius 1 is 0.964 bits per heavy atom. The van der Waals surface area contributed by atoms with Crippen molar-refractivity contribution in [3.05, 3.63) is 100 Å². The number of carbonyl (C=O) groups is 2. The van der Waals surface area contributed by atoms with E-state index >= 15 is 0 Å². The number of hydrogen-bond acceptors (Lipinski definition) is 4. The monoisotopic (exact) mass is 392 g/mol. The molecule has 0 aromatic heterocycles. The summed E-state index contributed by atoms with van der Waals surface area (Å²) in [4.78, 5) is 24.2. The Kier molecular flexibility index (Phi) is 6.19. The van der Waals surface area contributed by atoms with E-state index in [9.17, 15) is 9.59 Å². The molecule has 0 heterocycles.